The fraction of sp³-hybridized carbons (Fsp3) is 0.444. The average molecular weight is 392 g/mol. The number of aryl methyl sites for hydroxylation is 1. The van der Waals surface area contributed by atoms with Crippen LogP contribution in [0.2, 0.25) is 5.02 Å². The Labute approximate surface area is 162 Å². The van der Waals surface area contributed by atoms with Gasteiger partial charge in [-0.05, 0) is 36.5 Å². The first kappa shape index (κ1) is 19.3. The van der Waals surface area contributed by atoms with Crippen LogP contribution in [0, 0.1) is 17.0 Å². The molecule has 0 saturated carbocycles. The van der Waals surface area contributed by atoms with Gasteiger partial charge in [0.25, 0.3) is 0 Å². The molecule has 1 aliphatic heterocycles. The lowest BCUT2D eigenvalue weighted by atomic mass is 10.2. The Morgan fingerprint density at radius 1 is 1.30 bits per heavy atom. The van der Waals surface area contributed by atoms with Gasteiger partial charge < -0.3 is 15.0 Å². The van der Waals surface area contributed by atoms with Crippen LogP contribution >= 0.6 is 11.6 Å². The summed E-state index contributed by atoms with van der Waals surface area (Å²) < 4.78 is 1.43. The van der Waals surface area contributed by atoms with E-state index in [0.29, 0.717) is 18.8 Å². The lowest BCUT2D eigenvalue weighted by molar-refractivity contribution is -0.389. The van der Waals surface area contributed by atoms with Crippen molar-refractivity contribution in [2.24, 2.45) is 0 Å². The minimum atomic E-state index is -0.571. The van der Waals surface area contributed by atoms with Crippen LogP contribution in [-0.4, -0.2) is 56.6 Å². The van der Waals surface area contributed by atoms with Crippen molar-refractivity contribution < 1.29 is 9.72 Å². The number of hydrogen-bond acceptors (Lipinski definition) is 5. The molecule has 1 unspecified atom stereocenters. The third kappa shape index (κ3) is 4.45. The molecule has 3 rings (SSSR count). The molecule has 8 nitrogen and oxygen atoms in total. The molecule has 1 aliphatic rings. The molecular formula is C18H22ClN5O3. The second kappa shape index (κ2) is 8.06. The van der Waals surface area contributed by atoms with Gasteiger partial charge in [-0.1, -0.05) is 23.7 Å². The van der Waals surface area contributed by atoms with Crippen LogP contribution in [0.25, 0.3) is 0 Å². The number of nitro groups is 1. The second-order valence-corrected chi connectivity index (χ2v) is 7.19. The zero-order valence-corrected chi connectivity index (χ0v) is 16.1. The number of aromatic nitrogens is 2. The van der Waals surface area contributed by atoms with E-state index in [1.807, 2.05) is 24.3 Å². The van der Waals surface area contributed by atoms with E-state index in [-0.39, 0.29) is 11.7 Å². The van der Waals surface area contributed by atoms with Gasteiger partial charge in [-0.3, -0.25) is 9.69 Å². The van der Waals surface area contributed by atoms with E-state index in [9.17, 15) is 14.9 Å². The molecule has 1 aromatic heterocycles. The Morgan fingerprint density at radius 2 is 2.00 bits per heavy atom. The number of benzene rings is 1. The van der Waals surface area contributed by atoms with E-state index in [1.54, 1.807) is 18.7 Å². The Morgan fingerprint density at radius 3 is 2.59 bits per heavy atom. The van der Waals surface area contributed by atoms with Crippen LogP contribution in [0.4, 0.5) is 5.82 Å². The van der Waals surface area contributed by atoms with Crippen molar-refractivity contribution in [1.29, 1.82) is 0 Å². The number of carbonyl (C=O) groups is 1. The summed E-state index contributed by atoms with van der Waals surface area (Å²) in [4.78, 5) is 27.2. The molecule has 1 fully saturated rings. The molecule has 1 atom stereocenters. The second-order valence-electron chi connectivity index (χ2n) is 6.75. The highest BCUT2D eigenvalue weighted by molar-refractivity contribution is 6.30. The molecular weight excluding hydrogens is 370 g/mol. The predicted octanol–water partition coefficient (Wildman–Crippen LogP) is 2.66. The molecule has 1 saturated heterocycles. The molecule has 144 valence electrons. The van der Waals surface area contributed by atoms with Crippen LogP contribution in [0.15, 0.2) is 30.3 Å². The Kier molecular flexibility index (Phi) is 5.76. The number of hydrogen-bond donors (Lipinski definition) is 0. The lowest BCUT2D eigenvalue weighted by Crippen LogP contribution is -2.50. The van der Waals surface area contributed by atoms with Crippen LogP contribution in [0.3, 0.4) is 0 Å². The summed E-state index contributed by atoms with van der Waals surface area (Å²) in [6, 6.07) is 8.59. The summed E-state index contributed by atoms with van der Waals surface area (Å²) in [6.07, 6.45) is 0. The van der Waals surface area contributed by atoms with Crippen LogP contribution in [0.1, 0.15) is 24.2 Å². The molecule has 2 heterocycles. The molecule has 9 heteroatoms. The number of carbonyl (C=O) groups excluding carboxylic acids is 1. The van der Waals surface area contributed by atoms with Crippen molar-refractivity contribution in [3.8, 4) is 0 Å². The molecule has 1 aromatic carbocycles. The average Bonchev–Trinajstić information content (AvgIpc) is 3.03. The van der Waals surface area contributed by atoms with E-state index in [2.05, 4.69) is 10.00 Å². The number of nitrogens with zero attached hydrogens (tertiary/aromatic N) is 5. The first-order valence-corrected chi connectivity index (χ1v) is 9.19. The smallest absolute Gasteiger partial charge is 0.358 e. The summed E-state index contributed by atoms with van der Waals surface area (Å²) in [5, 5.41) is 15.6. The van der Waals surface area contributed by atoms with Crippen molar-refractivity contribution in [3.05, 3.63) is 56.7 Å². The summed E-state index contributed by atoms with van der Waals surface area (Å²) in [5.74, 6) is -0.308. The van der Waals surface area contributed by atoms with Gasteiger partial charge in [0.2, 0.25) is 5.91 Å². The van der Waals surface area contributed by atoms with Gasteiger partial charge in [0.15, 0.2) is 0 Å². The van der Waals surface area contributed by atoms with Gasteiger partial charge in [-0.15, -0.1) is 0 Å². The van der Waals surface area contributed by atoms with Gasteiger partial charge in [-0.25, -0.2) is 0 Å². The van der Waals surface area contributed by atoms with Crippen LogP contribution < -0.4 is 0 Å². The lowest BCUT2D eigenvalue weighted by Gasteiger charge is -2.35. The van der Waals surface area contributed by atoms with Crippen LogP contribution in [-0.2, 0) is 11.3 Å². The van der Waals surface area contributed by atoms with Gasteiger partial charge in [0.05, 0.1) is 16.9 Å². The number of rotatable bonds is 5. The third-order valence-corrected chi connectivity index (χ3v) is 5.04. The number of piperazine rings is 1. The normalized spacial score (nSPS) is 16.3. The highest BCUT2D eigenvalue weighted by atomic mass is 35.5. The summed E-state index contributed by atoms with van der Waals surface area (Å²) in [6.45, 7) is 7.00. The molecule has 2 aromatic rings. The zero-order valence-electron chi connectivity index (χ0n) is 15.3. The zero-order chi connectivity index (χ0) is 19.6. The van der Waals surface area contributed by atoms with Crippen molar-refractivity contribution in [3.63, 3.8) is 0 Å². The van der Waals surface area contributed by atoms with E-state index < -0.39 is 11.0 Å². The van der Waals surface area contributed by atoms with Crippen molar-refractivity contribution in [2.45, 2.75) is 26.4 Å². The highest BCUT2D eigenvalue weighted by Gasteiger charge is 2.30. The maximum Gasteiger partial charge on any atom is 0.390 e. The summed E-state index contributed by atoms with van der Waals surface area (Å²) in [7, 11) is 0. The molecule has 0 radical (unpaired) electrons. The first-order valence-electron chi connectivity index (χ1n) is 8.81. The molecule has 1 amide bonds. The van der Waals surface area contributed by atoms with E-state index >= 15 is 0 Å². The monoisotopic (exact) mass is 391 g/mol. The van der Waals surface area contributed by atoms with Crippen molar-refractivity contribution >= 4 is 23.3 Å². The summed E-state index contributed by atoms with van der Waals surface area (Å²) in [5.41, 5.74) is 1.75. The fourth-order valence-corrected chi connectivity index (χ4v) is 3.55. The van der Waals surface area contributed by atoms with Gasteiger partial charge in [-0.2, -0.15) is 4.68 Å². The van der Waals surface area contributed by atoms with Gasteiger partial charge >= 0.3 is 5.82 Å². The Bertz CT molecular complexity index is 845. The predicted molar refractivity (Wildman–Crippen MR) is 102 cm³/mol. The maximum atomic E-state index is 12.8. The molecule has 27 heavy (non-hydrogen) atoms. The first-order chi connectivity index (χ1) is 12.8. The number of halogens is 1. The molecule has 0 aliphatic carbocycles. The standard InChI is InChI=1S/C18H22ClN5O3/c1-13-10-17(24(26)27)20-23(13)14(2)18(25)22-8-6-21(7-9-22)12-15-4-3-5-16(19)11-15/h3-5,10-11,14H,6-9,12H2,1-2H3. The van der Waals surface area contributed by atoms with Crippen molar-refractivity contribution in [1.82, 2.24) is 19.6 Å². The van der Waals surface area contributed by atoms with Crippen molar-refractivity contribution in [2.75, 3.05) is 26.2 Å². The fourth-order valence-electron chi connectivity index (χ4n) is 3.34. The van der Waals surface area contributed by atoms with E-state index in [1.165, 1.54) is 10.7 Å². The SMILES string of the molecule is Cc1cc([N+](=O)[O-])nn1C(C)C(=O)N1CCN(Cc2cccc(Cl)c2)CC1. The van der Waals surface area contributed by atoms with Crippen LogP contribution in [0.5, 0.6) is 0 Å². The minimum absolute atomic E-state index is 0.0708. The molecule has 0 spiro atoms. The third-order valence-electron chi connectivity index (χ3n) is 4.80. The van der Waals surface area contributed by atoms with Gasteiger partial charge in [0, 0.05) is 37.7 Å². The minimum Gasteiger partial charge on any atom is -0.358 e. The molecule has 0 N–H and O–H groups in total. The van der Waals surface area contributed by atoms with E-state index in [4.69, 9.17) is 11.6 Å². The topological polar surface area (TPSA) is 84.5 Å². The van der Waals surface area contributed by atoms with Gasteiger partial charge in [0.1, 0.15) is 6.04 Å². The quantitative estimate of drug-likeness (QED) is 0.577. The largest absolute Gasteiger partial charge is 0.390 e. The Balaban J connectivity index is 1.58. The Hall–Kier alpha value is -2.45. The van der Waals surface area contributed by atoms with E-state index in [0.717, 1.165) is 30.2 Å². The number of amides is 1. The summed E-state index contributed by atoms with van der Waals surface area (Å²) >= 11 is 6.03. The maximum absolute atomic E-state index is 12.8. The highest BCUT2D eigenvalue weighted by Crippen LogP contribution is 2.19. The molecule has 0 bridgehead atoms.